The van der Waals surface area contributed by atoms with E-state index in [1.54, 1.807) is 19.1 Å². The number of hydrogen-bond acceptors (Lipinski definition) is 7. The standard InChI is InChI=1S/C25H29N3O5/c1-25(17-18-4-2-3-5-20(18)23(29)33-25)24(30)26-21-7-6-19(27-8-12-31-13-9-27)16-22(21)28-10-14-32-15-11-28/h2-7,16H,8-15,17H2,1H3,(H,26,30). The second kappa shape index (κ2) is 9.03. The molecule has 3 aliphatic heterocycles. The van der Waals surface area contributed by atoms with Gasteiger partial charge in [0.15, 0.2) is 5.60 Å². The van der Waals surface area contributed by atoms with E-state index in [0.29, 0.717) is 44.1 Å². The van der Waals surface area contributed by atoms with Crippen LogP contribution in [-0.2, 0) is 25.4 Å². The van der Waals surface area contributed by atoms with Gasteiger partial charge in [-0.15, -0.1) is 0 Å². The molecular formula is C25H29N3O5. The van der Waals surface area contributed by atoms with Crippen LogP contribution in [0.5, 0.6) is 0 Å². The van der Waals surface area contributed by atoms with Gasteiger partial charge in [0.25, 0.3) is 5.91 Å². The van der Waals surface area contributed by atoms with Crippen molar-refractivity contribution in [2.45, 2.75) is 18.9 Å². The van der Waals surface area contributed by atoms with Gasteiger partial charge in [0.05, 0.1) is 43.4 Å². The quantitative estimate of drug-likeness (QED) is 0.716. The van der Waals surface area contributed by atoms with Gasteiger partial charge in [-0.05, 0) is 36.8 Å². The Morgan fingerprint density at radius 2 is 1.61 bits per heavy atom. The van der Waals surface area contributed by atoms with E-state index < -0.39 is 11.6 Å². The van der Waals surface area contributed by atoms with E-state index in [4.69, 9.17) is 14.2 Å². The molecule has 2 saturated heterocycles. The Morgan fingerprint density at radius 1 is 0.939 bits per heavy atom. The van der Waals surface area contributed by atoms with Crippen molar-refractivity contribution >= 4 is 28.9 Å². The Bertz CT molecular complexity index is 1050. The number of nitrogens with zero attached hydrogens (tertiary/aromatic N) is 2. The summed E-state index contributed by atoms with van der Waals surface area (Å²) in [6, 6.07) is 13.4. The number of rotatable bonds is 4. The highest BCUT2D eigenvalue weighted by Gasteiger charge is 2.43. The highest BCUT2D eigenvalue weighted by Crippen LogP contribution is 2.34. The molecule has 3 heterocycles. The molecule has 1 atom stereocenters. The first-order valence-corrected chi connectivity index (χ1v) is 11.5. The SMILES string of the molecule is CC1(C(=O)Nc2ccc(N3CCOCC3)cc2N2CCOCC2)Cc2ccccc2C(=O)O1. The first kappa shape index (κ1) is 21.7. The third-order valence-electron chi connectivity index (χ3n) is 6.52. The first-order valence-electron chi connectivity index (χ1n) is 11.5. The maximum atomic E-state index is 13.4. The molecule has 0 bridgehead atoms. The van der Waals surface area contributed by atoms with Crippen molar-refractivity contribution in [3.05, 3.63) is 53.6 Å². The molecule has 0 spiro atoms. The molecule has 2 aromatic carbocycles. The highest BCUT2D eigenvalue weighted by molar-refractivity contribution is 6.04. The average molecular weight is 452 g/mol. The molecular weight excluding hydrogens is 422 g/mol. The first-order chi connectivity index (χ1) is 16.0. The average Bonchev–Trinajstić information content (AvgIpc) is 2.85. The molecule has 174 valence electrons. The number of morpholine rings is 2. The largest absolute Gasteiger partial charge is 0.445 e. The Hall–Kier alpha value is -3.10. The number of anilines is 3. The number of nitrogens with one attached hydrogen (secondary N) is 1. The summed E-state index contributed by atoms with van der Waals surface area (Å²) in [7, 11) is 0. The maximum absolute atomic E-state index is 13.4. The fourth-order valence-corrected chi connectivity index (χ4v) is 4.62. The van der Waals surface area contributed by atoms with E-state index in [2.05, 4.69) is 21.2 Å². The molecule has 33 heavy (non-hydrogen) atoms. The van der Waals surface area contributed by atoms with E-state index in [9.17, 15) is 9.59 Å². The van der Waals surface area contributed by atoms with Crippen LogP contribution >= 0.6 is 0 Å². The molecule has 0 radical (unpaired) electrons. The third-order valence-corrected chi connectivity index (χ3v) is 6.52. The van der Waals surface area contributed by atoms with Crippen LogP contribution in [0, 0.1) is 0 Å². The van der Waals surface area contributed by atoms with Crippen LogP contribution < -0.4 is 15.1 Å². The number of benzene rings is 2. The van der Waals surface area contributed by atoms with Gasteiger partial charge in [-0.1, -0.05) is 18.2 Å². The number of fused-ring (bicyclic) bond motifs is 1. The lowest BCUT2D eigenvalue weighted by Gasteiger charge is -2.35. The van der Waals surface area contributed by atoms with Gasteiger partial charge in [0.2, 0.25) is 0 Å². The van der Waals surface area contributed by atoms with Crippen molar-refractivity contribution in [3.8, 4) is 0 Å². The van der Waals surface area contributed by atoms with Crippen LogP contribution in [-0.4, -0.2) is 70.1 Å². The van der Waals surface area contributed by atoms with Crippen molar-refractivity contribution in [3.63, 3.8) is 0 Å². The molecule has 0 aliphatic carbocycles. The van der Waals surface area contributed by atoms with Crippen LogP contribution in [0.25, 0.3) is 0 Å². The van der Waals surface area contributed by atoms with Crippen LogP contribution in [0.1, 0.15) is 22.8 Å². The highest BCUT2D eigenvalue weighted by atomic mass is 16.6. The molecule has 0 aromatic heterocycles. The molecule has 0 saturated carbocycles. The van der Waals surface area contributed by atoms with Gasteiger partial charge in [-0.3, -0.25) is 4.79 Å². The summed E-state index contributed by atoms with van der Waals surface area (Å²) in [5.74, 6) is -0.801. The van der Waals surface area contributed by atoms with Crippen molar-refractivity contribution in [2.75, 3.05) is 67.7 Å². The van der Waals surface area contributed by atoms with Crippen molar-refractivity contribution < 1.29 is 23.8 Å². The molecule has 1 amide bonds. The number of cyclic esters (lactones) is 1. The van der Waals surface area contributed by atoms with Gasteiger partial charge >= 0.3 is 5.97 Å². The van der Waals surface area contributed by atoms with E-state index in [-0.39, 0.29) is 5.91 Å². The zero-order valence-corrected chi connectivity index (χ0v) is 18.8. The second-order valence-electron chi connectivity index (χ2n) is 8.81. The Labute approximate surface area is 193 Å². The number of hydrogen-bond donors (Lipinski definition) is 1. The summed E-state index contributed by atoms with van der Waals surface area (Å²) in [6.07, 6.45) is 0.333. The lowest BCUT2D eigenvalue weighted by molar-refractivity contribution is -0.134. The Balaban J connectivity index is 1.42. The van der Waals surface area contributed by atoms with E-state index in [0.717, 1.165) is 43.1 Å². The minimum absolute atomic E-state index is 0.333. The molecule has 3 aliphatic rings. The van der Waals surface area contributed by atoms with Crippen LogP contribution in [0.3, 0.4) is 0 Å². The van der Waals surface area contributed by atoms with Crippen LogP contribution in [0.2, 0.25) is 0 Å². The number of ether oxygens (including phenoxy) is 3. The minimum atomic E-state index is -1.28. The molecule has 8 nitrogen and oxygen atoms in total. The zero-order valence-electron chi connectivity index (χ0n) is 18.8. The van der Waals surface area contributed by atoms with Crippen molar-refractivity contribution in [1.82, 2.24) is 0 Å². The molecule has 5 rings (SSSR count). The van der Waals surface area contributed by atoms with Gasteiger partial charge in [-0.25, -0.2) is 4.79 Å². The summed E-state index contributed by atoms with van der Waals surface area (Å²) in [5, 5.41) is 3.06. The molecule has 2 fully saturated rings. The predicted molar refractivity (Wildman–Crippen MR) is 125 cm³/mol. The topological polar surface area (TPSA) is 80.3 Å². The monoisotopic (exact) mass is 451 g/mol. The third kappa shape index (κ3) is 4.41. The normalized spacial score (nSPS) is 23.0. The lowest BCUT2D eigenvalue weighted by Crippen LogP contribution is -2.49. The maximum Gasteiger partial charge on any atom is 0.339 e. The van der Waals surface area contributed by atoms with Crippen molar-refractivity contribution in [2.24, 2.45) is 0 Å². The number of esters is 1. The fourth-order valence-electron chi connectivity index (χ4n) is 4.62. The zero-order chi connectivity index (χ0) is 22.8. The molecule has 8 heteroatoms. The Kier molecular flexibility index (Phi) is 5.95. The summed E-state index contributed by atoms with van der Waals surface area (Å²) in [6.45, 7) is 7.52. The fraction of sp³-hybridized carbons (Fsp3) is 0.440. The second-order valence-corrected chi connectivity index (χ2v) is 8.81. The minimum Gasteiger partial charge on any atom is -0.445 e. The van der Waals surface area contributed by atoms with E-state index in [1.807, 2.05) is 24.3 Å². The smallest absolute Gasteiger partial charge is 0.339 e. The summed E-state index contributed by atoms with van der Waals surface area (Å²) < 4.78 is 16.7. The van der Waals surface area contributed by atoms with Gasteiger partial charge in [0.1, 0.15) is 0 Å². The molecule has 2 aromatic rings. The van der Waals surface area contributed by atoms with Gasteiger partial charge < -0.3 is 29.3 Å². The lowest BCUT2D eigenvalue weighted by atomic mass is 9.89. The summed E-state index contributed by atoms with van der Waals surface area (Å²) in [5.41, 5.74) is 2.81. The van der Waals surface area contributed by atoms with Gasteiger partial charge in [-0.2, -0.15) is 0 Å². The van der Waals surface area contributed by atoms with Gasteiger partial charge in [0, 0.05) is 38.3 Å². The number of amides is 1. The predicted octanol–water partition coefficient (Wildman–Crippen LogP) is 2.47. The van der Waals surface area contributed by atoms with E-state index in [1.165, 1.54) is 0 Å². The summed E-state index contributed by atoms with van der Waals surface area (Å²) >= 11 is 0. The molecule has 1 N–H and O–H groups in total. The van der Waals surface area contributed by atoms with E-state index >= 15 is 0 Å². The summed E-state index contributed by atoms with van der Waals surface area (Å²) in [4.78, 5) is 30.5. The van der Waals surface area contributed by atoms with Crippen molar-refractivity contribution in [1.29, 1.82) is 0 Å². The number of carbonyl (C=O) groups is 2. The Morgan fingerprint density at radius 3 is 2.33 bits per heavy atom. The number of carbonyl (C=O) groups excluding carboxylic acids is 2. The van der Waals surface area contributed by atoms with Crippen LogP contribution in [0.15, 0.2) is 42.5 Å². The van der Waals surface area contributed by atoms with Crippen LogP contribution in [0.4, 0.5) is 17.1 Å². The molecule has 1 unspecified atom stereocenters.